The second-order valence-corrected chi connectivity index (χ2v) is 6.90. The fourth-order valence-corrected chi connectivity index (χ4v) is 2.78. The second-order valence-electron chi connectivity index (χ2n) is 6.90. The zero-order valence-corrected chi connectivity index (χ0v) is 16.8. The number of carboxylic acid groups (broad SMARTS) is 1. The Morgan fingerprint density at radius 2 is 1.81 bits per heavy atom. The van der Waals surface area contributed by atoms with Crippen LogP contribution in [0.25, 0.3) is 11.1 Å². The fraction of sp³-hybridized carbons (Fsp3) is 0.250. The van der Waals surface area contributed by atoms with E-state index in [1.54, 1.807) is 12.1 Å². The van der Waals surface area contributed by atoms with Gasteiger partial charge in [0, 0.05) is 36.4 Å². The van der Waals surface area contributed by atoms with E-state index in [0.29, 0.717) is 16.8 Å². The summed E-state index contributed by atoms with van der Waals surface area (Å²) < 4.78 is 38.6. The van der Waals surface area contributed by atoms with E-state index in [4.69, 9.17) is 5.11 Å². The Kier molecular flexibility index (Phi) is 6.83. The van der Waals surface area contributed by atoms with E-state index in [0.717, 1.165) is 17.8 Å². The Hall–Kier alpha value is -3.80. The van der Waals surface area contributed by atoms with Crippen molar-refractivity contribution in [3.63, 3.8) is 0 Å². The minimum absolute atomic E-state index is 0.0266. The minimum atomic E-state index is -4.58. The maximum atomic E-state index is 12.9. The molecule has 3 aromatic rings. The highest BCUT2D eigenvalue weighted by molar-refractivity contribution is 5.70. The van der Waals surface area contributed by atoms with Crippen LogP contribution < -0.4 is 10.6 Å². The van der Waals surface area contributed by atoms with E-state index in [1.807, 2.05) is 13.0 Å². The third kappa shape index (κ3) is 6.35. The number of carboxylic acids is 1. The molecule has 168 valence electrons. The summed E-state index contributed by atoms with van der Waals surface area (Å²) >= 11 is 0. The summed E-state index contributed by atoms with van der Waals surface area (Å²) in [6.45, 7) is 1.80. The van der Waals surface area contributed by atoms with Crippen LogP contribution in [0.3, 0.4) is 0 Å². The van der Waals surface area contributed by atoms with Crippen molar-refractivity contribution in [2.24, 2.45) is 0 Å². The van der Waals surface area contributed by atoms with Crippen molar-refractivity contribution in [1.82, 2.24) is 19.9 Å². The second kappa shape index (κ2) is 9.56. The lowest BCUT2D eigenvalue weighted by molar-refractivity contribution is -0.141. The van der Waals surface area contributed by atoms with Crippen molar-refractivity contribution < 1.29 is 28.2 Å². The van der Waals surface area contributed by atoms with Gasteiger partial charge in [-0.15, -0.1) is 0 Å². The van der Waals surface area contributed by atoms with Crippen molar-refractivity contribution in [3.05, 3.63) is 54.1 Å². The van der Waals surface area contributed by atoms with Gasteiger partial charge in [0.25, 0.3) is 0 Å². The zero-order chi connectivity index (χ0) is 23.3. The zero-order valence-electron chi connectivity index (χ0n) is 16.8. The maximum Gasteiger partial charge on any atom is 0.433 e. The number of aromatic nitrogens is 4. The first kappa shape index (κ1) is 22.9. The molecule has 0 aliphatic rings. The molecule has 4 N–H and O–H groups in total. The number of alkyl halides is 3. The number of hydrogen-bond acceptors (Lipinski definition) is 8. The Morgan fingerprint density at radius 3 is 2.47 bits per heavy atom. The number of carbonyl (C=O) groups is 1. The smallest absolute Gasteiger partial charge is 0.433 e. The predicted molar refractivity (Wildman–Crippen MR) is 109 cm³/mol. The van der Waals surface area contributed by atoms with Crippen LogP contribution in [-0.4, -0.2) is 48.8 Å². The van der Waals surface area contributed by atoms with Gasteiger partial charge < -0.3 is 20.8 Å². The summed E-state index contributed by atoms with van der Waals surface area (Å²) in [5, 5.41) is 23.7. The Morgan fingerprint density at radius 1 is 1.09 bits per heavy atom. The molecule has 0 aliphatic heterocycles. The SMILES string of the molecule is Cc1cc(Nc2nccc(C(F)(F)F)n2)cc(-c2cnc(NCC(O)CC(=O)O)nc2)c1. The molecule has 1 aromatic carbocycles. The molecule has 0 bridgehead atoms. The van der Waals surface area contributed by atoms with E-state index in [9.17, 15) is 23.1 Å². The molecule has 0 spiro atoms. The molecular weight excluding hydrogens is 429 g/mol. The van der Waals surface area contributed by atoms with Gasteiger partial charge in [0.2, 0.25) is 11.9 Å². The summed E-state index contributed by atoms with van der Waals surface area (Å²) in [4.78, 5) is 26.2. The number of anilines is 3. The molecule has 1 unspecified atom stereocenters. The van der Waals surface area contributed by atoms with E-state index in [1.165, 1.54) is 12.4 Å². The third-order valence-electron chi connectivity index (χ3n) is 4.17. The number of rotatable bonds is 8. The average molecular weight is 448 g/mol. The number of aliphatic hydroxyl groups excluding tert-OH is 1. The highest BCUT2D eigenvalue weighted by atomic mass is 19.4. The number of nitrogens with zero attached hydrogens (tertiary/aromatic N) is 4. The molecule has 2 aromatic heterocycles. The molecule has 2 heterocycles. The van der Waals surface area contributed by atoms with Crippen LogP contribution in [-0.2, 0) is 11.0 Å². The first-order valence-electron chi connectivity index (χ1n) is 9.35. The lowest BCUT2D eigenvalue weighted by Crippen LogP contribution is -2.23. The topological polar surface area (TPSA) is 133 Å². The van der Waals surface area contributed by atoms with Crippen molar-refractivity contribution in [3.8, 4) is 11.1 Å². The molecule has 0 saturated heterocycles. The number of hydrogen-bond donors (Lipinski definition) is 4. The lowest BCUT2D eigenvalue weighted by Gasteiger charge is -2.12. The number of aliphatic hydroxyl groups is 1. The molecule has 0 amide bonds. The van der Waals surface area contributed by atoms with Crippen LogP contribution in [0.4, 0.5) is 30.8 Å². The van der Waals surface area contributed by atoms with E-state index >= 15 is 0 Å². The first-order valence-corrected chi connectivity index (χ1v) is 9.35. The van der Waals surface area contributed by atoms with Crippen molar-refractivity contribution >= 4 is 23.6 Å². The fourth-order valence-electron chi connectivity index (χ4n) is 2.78. The standard InChI is InChI=1S/C20H19F3N6O3/c1-11-4-12(13-8-25-18(26-9-13)27-10-15(30)7-17(31)32)6-14(5-11)28-19-24-3-2-16(29-19)20(21,22)23/h2-6,8-9,15,30H,7,10H2,1H3,(H,31,32)(H,24,28,29)(H,25,26,27). The summed E-state index contributed by atoms with van der Waals surface area (Å²) in [5.41, 5.74) is 1.61. The van der Waals surface area contributed by atoms with Crippen LogP contribution >= 0.6 is 0 Å². The van der Waals surface area contributed by atoms with E-state index < -0.39 is 30.4 Å². The molecule has 0 saturated carbocycles. The Balaban J connectivity index is 1.74. The van der Waals surface area contributed by atoms with Gasteiger partial charge in [-0.25, -0.2) is 19.9 Å². The monoisotopic (exact) mass is 448 g/mol. The highest BCUT2D eigenvalue weighted by Gasteiger charge is 2.32. The average Bonchev–Trinajstić information content (AvgIpc) is 2.71. The van der Waals surface area contributed by atoms with E-state index in [2.05, 4.69) is 30.6 Å². The van der Waals surface area contributed by atoms with Crippen LogP contribution in [0.15, 0.2) is 42.9 Å². The van der Waals surface area contributed by atoms with Crippen LogP contribution in [0, 0.1) is 6.92 Å². The Bertz CT molecular complexity index is 1090. The predicted octanol–water partition coefficient (Wildman–Crippen LogP) is 3.25. The molecule has 0 fully saturated rings. The van der Waals surface area contributed by atoms with Gasteiger partial charge in [0.05, 0.1) is 12.5 Å². The summed E-state index contributed by atoms with van der Waals surface area (Å²) in [7, 11) is 0. The normalized spacial score (nSPS) is 12.3. The third-order valence-corrected chi connectivity index (χ3v) is 4.17. The molecule has 32 heavy (non-hydrogen) atoms. The number of benzene rings is 1. The molecule has 3 rings (SSSR count). The highest BCUT2D eigenvalue weighted by Crippen LogP contribution is 2.29. The number of aryl methyl sites for hydroxylation is 1. The molecule has 0 radical (unpaired) electrons. The summed E-state index contributed by atoms with van der Waals surface area (Å²) in [6.07, 6.45) is -1.98. The van der Waals surface area contributed by atoms with Crippen LogP contribution in [0.5, 0.6) is 0 Å². The summed E-state index contributed by atoms with van der Waals surface area (Å²) in [5.74, 6) is -1.09. The van der Waals surface area contributed by atoms with Crippen molar-refractivity contribution in [2.75, 3.05) is 17.2 Å². The molecule has 0 aliphatic carbocycles. The number of halogens is 3. The van der Waals surface area contributed by atoms with Gasteiger partial charge >= 0.3 is 12.1 Å². The number of aliphatic carboxylic acids is 1. The van der Waals surface area contributed by atoms with Gasteiger partial charge in [-0.2, -0.15) is 13.2 Å². The van der Waals surface area contributed by atoms with Gasteiger partial charge in [-0.1, -0.05) is 6.07 Å². The molecular formula is C20H19F3N6O3. The quantitative estimate of drug-likeness (QED) is 0.410. The lowest BCUT2D eigenvalue weighted by atomic mass is 10.1. The Labute approximate surface area is 180 Å². The van der Waals surface area contributed by atoms with Crippen LogP contribution in [0.2, 0.25) is 0 Å². The molecule has 9 nitrogen and oxygen atoms in total. The van der Waals surface area contributed by atoms with Crippen molar-refractivity contribution in [2.45, 2.75) is 25.6 Å². The number of nitrogens with one attached hydrogen (secondary N) is 2. The first-order chi connectivity index (χ1) is 15.1. The largest absolute Gasteiger partial charge is 0.481 e. The molecule has 12 heteroatoms. The van der Waals surface area contributed by atoms with Gasteiger partial charge in [-0.3, -0.25) is 4.79 Å². The maximum absolute atomic E-state index is 12.9. The van der Waals surface area contributed by atoms with Gasteiger partial charge in [-0.05, 0) is 36.2 Å². The summed E-state index contributed by atoms with van der Waals surface area (Å²) in [6, 6.07) is 6.06. The molecule has 1 atom stereocenters. The van der Waals surface area contributed by atoms with Crippen molar-refractivity contribution in [1.29, 1.82) is 0 Å². The van der Waals surface area contributed by atoms with E-state index in [-0.39, 0.29) is 18.4 Å². The van der Waals surface area contributed by atoms with Crippen LogP contribution in [0.1, 0.15) is 17.7 Å². The minimum Gasteiger partial charge on any atom is -0.481 e. The van der Waals surface area contributed by atoms with Gasteiger partial charge in [0.15, 0.2) is 0 Å². The van der Waals surface area contributed by atoms with Gasteiger partial charge in [0.1, 0.15) is 5.69 Å².